The zero-order valence-corrected chi connectivity index (χ0v) is 12.2. The molecule has 0 unspecified atom stereocenters. The van der Waals surface area contributed by atoms with Crippen molar-refractivity contribution in [3.8, 4) is 0 Å². The second-order valence-corrected chi connectivity index (χ2v) is 6.17. The van der Waals surface area contributed by atoms with Gasteiger partial charge >= 0.3 is 0 Å². The number of carbonyl (C=O) groups is 2. The molecule has 6 heteroatoms. The Morgan fingerprint density at radius 2 is 2.00 bits per heavy atom. The topological polar surface area (TPSA) is 75.3 Å². The van der Waals surface area contributed by atoms with Gasteiger partial charge in [-0.15, -0.1) is 0 Å². The molecule has 2 N–H and O–H groups in total. The largest absolute Gasteiger partial charge is 0.354 e. The van der Waals surface area contributed by atoms with Crippen molar-refractivity contribution < 1.29 is 13.8 Å². The van der Waals surface area contributed by atoms with Gasteiger partial charge in [0.2, 0.25) is 5.91 Å². The number of benzene rings is 1. The first-order valence-electron chi connectivity index (χ1n) is 6.60. The highest BCUT2D eigenvalue weighted by atomic mass is 32.2. The van der Waals surface area contributed by atoms with Gasteiger partial charge in [-0.1, -0.05) is 0 Å². The summed E-state index contributed by atoms with van der Waals surface area (Å²) < 4.78 is 11.3. The molecule has 1 heterocycles. The number of hydrogen-bond donors (Lipinski definition) is 2. The lowest BCUT2D eigenvalue weighted by molar-refractivity contribution is -0.122. The first-order chi connectivity index (χ1) is 9.58. The van der Waals surface area contributed by atoms with Crippen molar-refractivity contribution in [1.82, 2.24) is 10.6 Å². The van der Waals surface area contributed by atoms with Crippen molar-refractivity contribution in [2.45, 2.75) is 30.2 Å². The summed E-state index contributed by atoms with van der Waals surface area (Å²) in [7, 11) is -1.06. The Bertz CT molecular complexity index is 528. The molecule has 0 radical (unpaired) electrons. The zero-order chi connectivity index (χ0) is 14.5. The van der Waals surface area contributed by atoms with Crippen LogP contribution in [0.1, 0.15) is 29.6 Å². The molecular weight excluding hydrogens is 276 g/mol. The smallest absolute Gasteiger partial charge is 0.251 e. The first kappa shape index (κ1) is 14.7. The van der Waals surface area contributed by atoms with Crippen LogP contribution in [0.2, 0.25) is 0 Å². The summed E-state index contributed by atoms with van der Waals surface area (Å²) in [5.74, 6) is -0.400. The van der Waals surface area contributed by atoms with Crippen molar-refractivity contribution in [3.05, 3.63) is 29.8 Å². The number of nitrogens with one attached hydrogen (secondary N) is 2. The number of rotatable bonds is 3. The van der Waals surface area contributed by atoms with Crippen LogP contribution in [-0.4, -0.2) is 34.9 Å². The van der Waals surface area contributed by atoms with E-state index in [0.29, 0.717) is 23.4 Å². The van der Waals surface area contributed by atoms with E-state index >= 15 is 0 Å². The molecule has 108 valence electrons. The average Bonchev–Trinajstić information content (AvgIpc) is 2.64. The monoisotopic (exact) mass is 294 g/mol. The maximum absolute atomic E-state index is 12.1. The lowest BCUT2D eigenvalue weighted by Gasteiger charge is -2.15. The predicted octanol–water partition coefficient (Wildman–Crippen LogP) is 0.822. The minimum Gasteiger partial charge on any atom is -0.354 e. The zero-order valence-electron chi connectivity index (χ0n) is 11.3. The van der Waals surface area contributed by atoms with E-state index in [1.54, 1.807) is 30.5 Å². The van der Waals surface area contributed by atoms with E-state index in [0.717, 1.165) is 12.8 Å². The van der Waals surface area contributed by atoms with Crippen LogP contribution in [0.3, 0.4) is 0 Å². The molecule has 0 aliphatic carbocycles. The van der Waals surface area contributed by atoms with Gasteiger partial charge in [0.05, 0.1) is 0 Å². The van der Waals surface area contributed by atoms with E-state index in [9.17, 15) is 13.8 Å². The quantitative estimate of drug-likeness (QED) is 0.867. The van der Waals surface area contributed by atoms with E-state index in [1.807, 2.05) is 0 Å². The van der Waals surface area contributed by atoms with Gasteiger partial charge in [0.1, 0.15) is 6.04 Å². The minimum absolute atomic E-state index is 0.123. The summed E-state index contributed by atoms with van der Waals surface area (Å²) in [6.07, 6.45) is 4.10. The summed E-state index contributed by atoms with van der Waals surface area (Å²) >= 11 is 0. The Hall–Kier alpha value is -1.69. The highest BCUT2D eigenvalue weighted by Crippen LogP contribution is 2.10. The normalized spacial score (nSPS) is 20.6. The highest BCUT2D eigenvalue weighted by molar-refractivity contribution is 7.84. The molecule has 0 aromatic heterocycles. The van der Waals surface area contributed by atoms with E-state index < -0.39 is 16.8 Å². The Kier molecular flexibility index (Phi) is 4.89. The second kappa shape index (κ2) is 6.65. The van der Waals surface area contributed by atoms with Crippen LogP contribution in [0, 0.1) is 0 Å². The van der Waals surface area contributed by atoms with Crippen molar-refractivity contribution in [2.75, 3.05) is 12.8 Å². The number of carbonyl (C=O) groups excluding carboxylic acids is 2. The molecule has 0 saturated carbocycles. The highest BCUT2D eigenvalue weighted by Gasteiger charge is 2.22. The van der Waals surface area contributed by atoms with Crippen LogP contribution in [0.5, 0.6) is 0 Å². The lowest BCUT2D eigenvalue weighted by atomic mass is 10.1. The van der Waals surface area contributed by atoms with Crippen molar-refractivity contribution in [1.29, 1.82) is 0 Å². The van der Waals surface area contributed by atoms with Crippen molar-refractivity contribution >= 4 is 22.6 Å². The molecule has 0 bridgehead atoms. The van der Waals surface area contributed by atoms with Gasteiger partial charge in [-0.05, 0) is 43.5 Å². The third-order valence-corrected chi connectivity index (χ3v) is 4.23. The Balaban J connectivity index is 2.03. The van der Waals surface area contributed by atoms with Gasteiger partial charge in [-0.2, -0.15) is 0 Å². The maximum Gasteiger partial charge on any atom is 0.251 e. The molecule has 1 fully saturated rings. The fourth-order valence-corrected chi connectivity index (χ4v) is 2.64. The molecule has 1 aromatic rings. The average molecular weight is 294 g/mol. The fraction of sp³-hybridized carbons (Fsp3) is 0.429. The van der Waals surface area contributed by atoms with Crippen molar-refractivity contribution in [3.63, 3.8) is 0 Å². The Morgan fingerprint density at radius 3 is 2.65 bits per heavy atom. The van der Waals surface area contributed by atoms with Gasteiger partial charge in [0.25, 0.3) is 5.91 Å². The van der Waals surface area contributed by atoms with Gasteiger partial charge in [0, 0.05) is 34.1 Å². The molecular formula is C14H18N2O3S. The van der Waals surface area contributed by atoms with E-state index in [1.165, 1.54) is 0 Å². The third kappa shape index (κ3) is 3.66. The van der Waals surface area contributed by atoms with Gasteiger partial charge in [0.15, 0.2) is 0 Å². The molecule has 0 spiro atoms. The van der Waals surface area contributed by atoms with Crippen LogP contribution < -0.4 is 10.6 Å². The van der Waals surface area contributed by atoms with E-state index in [2.05, 4.69) is 10.6 Å². The summed E-state index contributed by atoms with van der Waals surface area (Å²) in [6.45, 7) is 0.669. The summed E-state index contributed by atoms with van der Waals surface area (Å²) in [4.78, 5) is 24.5. The van der Waals surface area contributed by atoms with Crippen molar-refractivity contribution in [2.24, 2.45) is 0 Å². The molecule has 2 amide bonds. The fourth-order valence-electron chi connectivity index (χ4n) is 2.12. The summed E-state index contributed by atoms with van der Waals surface area (Å²) in [6, 6.07) is 6.11. The maximum atomic E-state index is 12.1. The van der Waals surface area contributed by atoms with Crippen LogP contribution >= 0.6 is 0 Å². The summed E-state index contributed by atoms with van der Waals surface area (Å²) in [5.41, 5.74) is 0.469. The number of amides is 2. The van der Waals surface area contributed by atoms with E-state index in [4.69, 9.17) is 0 Å². The second-order valence-electron chi connectivity index (χ2n) is 4.79. The molecule has 1 saturated heterocycles. The molecule has 1 aliphatic rings. The van der Waals surface area contributed by atoms with Gasteiger partial charge in [-0.25, -0.2) is 0 Å². The first-order valence-corrected chi connectivity index (χ1v) is 8.16. The Morgan fingerprint density at radius 1 is 1.30 bits per heavy atom. The minimum atomic E-state index is -1.06. The molecule has 1 aliphatic heterocycles. The predicted molar refractivity (Wildman–Crippen MR) is 76.9 cm³/mol. The SMILES string of the molecule is C[S@](=O)c1ccc(C(=O)N[C@H]2CCCCNC2=O)cc1. The van der Waals surface area contributed by atoms with Gasteiger partial charge in [-0.3, -0.25) is 13.8 Å². The summed E-state index contributed by atoms with van der Waals surface area (Å²) in [5, 5.41) is 5.53. The standard InChI is InChI=1S/C14H18N2O3S/c1-20(19)11-7-5-10(6-8-11)13(17)16-12-4-2-3-9-15-14(12)18/h5-8,12H,2-4,9H2,1H3,(H,15,18)(H,16,17)/t12-,20-/m0/s1. The van der Waals surface area contributed by atoms with Gasteiger partial charge < -0.3 is 10.6 Å². The van der Waals surface area contributed by atoms with Crippen LogP contribution in [-0.2, 0) is 15.6 Å². The van der Waals surface area contributed by atoms with E-state index in [-0.39, 0.29) is 11.8 Å². The molecule has 1 aromatic carbocycles. The molecule has 2 rings (SSSR count). The molecule has 20 heavy (non-hydrogen) atoms. The van der Waals surface area contributed by atoms with Crippen LogP contribution in [0.15, 0.2) is 29.2 Å². The number of hydrogen-bond acceptors (Lipinski definition) is 3. The Labute approximate surface area is 120 Å². The third-order valence-electron chi connectivity index (χ3n) is 3.29. The lowest BCUT2D eigenvalue weighted by Crippen LogP contribution is -2.45. The van der Waals surface area contributed by atoms with Crippen LogP contribution in [0.4, 0.5) is 0 Å². The molecule has 2 atom stereocenters. The molecule has 5 nitrogen and oxygen atoms in total. The van der Waals surface area contributed by atoms with Crippen LogP contribution in [0.25, 0.3) is 0 Å².